The lowest BCUT2D eigenvalue weighted by atomic mass is 10.0. The molecule has 0 saturated carbocycles. The molecule has 1 saturated heterocycles. The molecule has 78 valence electrons. The zero-order chi connectivity index (χ0) is 10.6. The predicted molar refractivity (Wildman–Crippen MR) is 46.0 cm³/mol. The second-order valence-corrected chi connectivity index (χ2v) is 3.24. The van der Waals surface area contributed by atoms with Crippen molar-refractivity contribution in [3.05, 3.63) is 0 Å². The molecule has 0 aliphatic carbocycles. The molecule has 1 aliphatic heterocycles. The molecule has 0 N–H and O–H groups in total. The molecule has 5 nitrogen and oxygen atoms in total. The average molecular weight is 199 g/mol. The predicted octanol–water partition coefficient (Wildman–Crippen LogP) is 0.452. The van der Waals surface area contributed by atoms with Crippen LogP contribution >= 0.6 is 0 Å². The molecule has 0 spiro atoms. The Hall–Kier alpha value is -1.12. The largest absolute Gasteiger partial charge is 0.468 e. The van der Waals surface area contributed by atoms with E-state index in [2.05, 4.69) is 4.74 Å². The highest BCUT2D eigenvalue weighted by Gasteiger charge is 2.36. The topological polar surface area (TPSA) is 68.6 Å². The molecule has 0 aromatic heterocycles. The van der Waals surface area contributed by atoms with E-state index in [1.54, 1.807) is 6.92 Å². The van der Waals surface area contributed by atoms with Crippen LogP contribution in [0, 0.1) is 17.2 Å². The van der Waals surface area contributed by atoms with E-state index >= 15 is 0 Å². The van der Waals surface area contributed by atoms with Gasteiger partial charge in [-0.15, -0.1) is 0 Å². The highest BCUT2D eigenvalue weighted by molar-refractivity contribution is 5.75. The Morgan fingerprint density at radius 1 is 1.64 bits per heavy atom. The van der Waals surface area contributed by atoms with Gasteiger partial charge < -0.3 is 14.2 Å². The molecular weight excluding hydrogens is 186 g/mol. The Kier molecular flexibility index (Phi) is 3.44. The molecule has 1 aliphatic rings. The summed E-state index contributed by atoms with van der Waals surface area (Å²) in [6.07, 6.45) is 0.205. The number of nitrogens with zero attached hydrogens (tertiary/aromatic N) is 1. The number of hydrogen-bond acceptors (Lipinski definition) is 5. The van der Waals surface area contributed by atoms with Crippen molar-refractivity contribution in [3.8, 4) is 6.07 Å². The van der Waals surface area contributed by atoms with E-state index in [4.69, 9.17) is 14.7 Å². The van der Waals surface area contributed by atoms with Gasteiger partial charge in [-0.2, -0.15) is 5.26 Å². The van der Waals surface area contributed by atoms with Crippen LogP contribution < -0.4 is 0 Å². The minimum Gasteiger partial charge on any atom is -0.468 e. The van der Waals surface area contributed by atoms with Crippen LogP contribution in [-0.4, -0.2) is 32.1 Å². The summed E-state index contributed by atoms with van der Waals surface area (Å²) in [7, 11) is 1.26. The van der Waals surface area contributed by atoms with Gasteiger partial charge in [0.15, 0.2) is 5.79 Å². The third kappa shape index (κ3) is 2.44. The second-order valence-electron chi connectivity index (χ2n) is 3.24. The maximum absolute atomic E-state index is 11.1. The van der Waals surface area contributed by atoms with Crippen LogP contribution in [-0.2, 0) is 19.0 Å². The molecule has 1 atom stereocenters. The molecule has 0 aromatic carbocycles. The summed E-state index contributed by atoms with van der Waals surface area (Å²) in [6, 6.07) is 1.87. The maximum atomic E-state index is 11.1. The van der Waals surface area contributed by atoms with Crippen LogP contribution in [0.5, 0.6) is 0 Å². The first kappa shape index (κ1) is 11.0. The summed E-state index contributed by atoms with van der Waals surface area (Å²) in [6.45, 7) is 2.71. The number of hydrogen-bond donors (Lipinski definition) is 0. The summed E-state index contributed by atoms with van der Waals surface area (Å²) >= 11 is 0. The van der Waals surface area contributed by atoms with Gasteiger partial charge in [0.05, 0.1) is 26.4 Å². The Labute approximate surface area is 82.5 Å². The fourth-order valence-electron chi connectivity index (χ4n) is 1.37. The number of carbonyl (C=O) groups excluding carboxylic acids is 1. The fraction of sp³-hybridized carbons (Fsp3) is 0.778. The SMILES string of the molecule is COC(=O)[C@H](C#N)CC1(C)OCCO1. The Morgan fingerprint density at radius 3 is 2.64 bits per heavy atom. The lowest BCUT2D eigenvalue weighted by molar-refractivity contribution is -0.165. The zero-order valence-electron chi connectivity index (χ0n) is 8.28. The lowest BCUT2D eigenvalue weighted by Gasteiger charge is -2.23. The third-order valence-corrected chi connectivity index (χ3v) is 2.11. The van der Waals surface area contributed by atoms with Crippen LogP contribution in [0.4, 0.5) is 0 Å². The monoisotopic (exact) mass is 199 g/mol. The summed E-state index contributed by atoms with van der Waals surface area (Å²) in [5.41, 5.74) is 0. The third-order valence-electron chi connectivity index (χ3n) is 2.11. The molecule has 14 heavy (non-hydrogen) atoms. The van der Waals surface area contributed by atoms with Gasteiger partial charge in [-0.1, -0.05) is 0 Å². The molecule has 5 heteroatoms. The Morgan fingerprint density at radius 2 is 2.21 bits per heavy atom. The number of carbonyl (C=O) groups is 1. The van der Waals surface area contributed by atoms with Crippen LogP contribution in [0.25, 0.3) is 0 Å². The van der Waals surface area contributed by atoms with E-state index in [0.717, 1.165) is 0 Å². The van der Waals surface area contributed by atoms with Crippen molar-refractivity contribution in [3.63, 3.8) is 0 Å². The first-order valence-corrected chi connectivity index (χ1v) is 4.36. The molecular formula is C9H13NO4. The quantitative estimate of drug-likeness (QED) is 0.617. The van der Waals surface area contributed by atoms with Gasteiger partial charge in [-0.3, -0.25) is 4.79 Å². The van der Waals surface area contributed by atoms with Crippen LogP contribution in [0.15, 0.2) is 0 Å². The summed E-state index contributed by atoms with van der Waals surface area (Å²) in [5.74, 6) is -2.20. The van der Waals surface area contributed by atoms with Crippen LogP contribution in [0.1, 0.15) is 13.3 Å². The molecule has 1 rings (SSSR count). The molecule has 0 amide bonds. The molecule has 0 aromatic rings. The van der Waals surface area contributed by atoms with E-state index in [1.165, 1.54) is 7.11 Å². The van der Waals surface area contributed by atoms with Crippen molar-refractivity contribution >= 4 is 5.97 Å². The molecule has 0 unspecified atom stereocenters. The van der Waals surface area contributed by atoms with E-state index in [-0.39, 0.29) is 6.42 Å². The second kappa shape index (κ2) is 4.40. The summed E-state index contributed by atoms with van der Waals surface area (Å²) in [5, 5.41) is 8.74. The zero-order valence-corrected chi connectivity index (χ0v) is 8.28. The number of rotatable bonds is 3. The van der Waals surface area contributed by atoms with Gasteiger partial charge in [0.1, 0.15) is 5.92 Å². The number of methoxy groups -OCH3 is 1. The minimum atomic E-state index is -0.830. The van der Waals surface area contributed by atoms with Crippen molar-refractivity contribution in [1.82, 2.24) is 0 Å². The van der Waals surface area contributed by atoms with E-state index in [1.807, 2.05) is 6.07 Å². The molecule has 1 heterocycles. The standard InChI is InChI=1S/C9H13NO4/c1-9(13-3-4-14-9)5-7(6-10)8(11)12-2/h7H,3-5H2,1-2H3/t7-/m0/s1. The van der Waals surface area contributed by atoms with Gasteiger partial charge in [0.2, 0.25) is 0 Å². The number of esters is 1. The van der Waals surface area contributed by atoms with Crippen molar-refractivity contribution in [2.24, 2.45) is 5.92 Å². The van der Waals surface area contributed by atoms with Crippen molar-refractivity contribution in [2.75, 3.05) is 20.3 Å². The average Bonchev–Trinajstić information content (AvgIpc) is 2.61. The molecule has 0 radical (unpaired) electrons. The van der Waals surface area contributed by atoms with E-state index < -0.39 is 17.7 Å². The summed E-state index contributed by atoms with van der Waals surface area (Å²) in [4.78, 5) is 11.1. The highest BCUT2D eigenvalue weighted by Crippen LogP contribution is 2.26. The normalized spacial score (nSPS) is 21.2. The first-order chi connectivity index (χ1) is 6.61. The molecule has 0 bridgehead atoms. The van der Waals surface area contributed by atoms with Crippen LogP contribution in [0.2, 0.25) is 0 Å². The van der Waals surface area contributed by atoms with Gasteiger partial charge in [0.25, 0.3) is 0 Å². The van der Waals surface area contributed by atoms with E-state index in [9.17, 15) is 4.79 Å². The smallest absolute Gasteiger partial charge is 0.323 e. The van der Waals surface area contributed by atoms with E-state index in [0.29, 0.717) is 13.2 Å². The van der Waals surface area contributed by atoms with Crippen molar-refractivity contribution in [2.45, 2.75) is 19.1 Å². The lowest BCUT2D eigenvalue weighted by Crippen LogP contribution is -2.31. The van der Waals surface area contributed by atoms with Gasteiger partial charge in [-0.05, 0) is 6.92 Å². The first-order valence-electron chi connectivity index (χ1n) is 4.36. The van der Waals surface area contributed by atoms with Crippen molar-refractivity contribution in [1.29, 1.82) is 5.26 Å². The van der Waals surface area contributed by atoms with Crippen LogP contribution in [0.3, 0.4) is 0 Å². The molecule has 1 fully saturated rings. The highest BCUT2D eigenvalue weighted by atomic mass is 16.7. The van der Waals surface area contributed by atoms with Gasteiger partial charge >= 0.3 is 5.97 Å². The Balaban J connectivity index is 2.56. The number of nitriles is 1. The van der Waals surface area contributed by atoms with Crippen molar-refractivity contribution < 1.29 is 19.0 Å². The fourth-order valence-corrected chi connectivity index (χ4v) is 1.37. The minimum absolute atomic E-state index is 0.205. The maximum Gasteiger partial charge on any atom is 0.323 e. The number of ether oxygens (including phenoxy) is 3. The Bertz CT molecular complexity index is 252. The summed E-state index contributed by atoms with van der Waals surface area (Å²) < 4.78 is 15.1. The van der Waals surface area contributed by atoms with Gasteiger partial charge in [-0.25, -0.2) is 0 Å². The van der Waals surface area contributed by atoms with Gasteiger partial charge in [0, 0.05) is 6.42 Å².